The summed E-state index contributed by atoms with van der Waals surface area (Å²) in [6.45, 7) is 2.69. The van der Waals surface area contributed by atoms with E-state index in [2.05, 4.69) is 15.5 Å². The quantitative estimate of drug-likeness (QED) is 0.545. The number of nitrogens with one attached hydrogen (secondary N) is 1. The van der Waals surface area contributed by atoms with Gasteiger partial charge in [0.15, 0.2) is 0 Å². The molecule has 0 aromatic heterocycles. The molecule has 1 aliphatic rings. The number of aliphatic imine (C=N–C) groups is 1. The van der Waals surface area contributed by atoms with Crippen LogP contribution < -0.4 is 5.43 Å². The van der Waals surface area contributed by atoms with E-state index in [1.165, 1.54) is 0 Å². The zero-order valence-corrected chi connectivity index (χ0v) is 6.78. The number of hydrogen-bond acceptors (Lipinski definition) is 4. The largest absolute Gasteiger partial charge is 0.360 e. The third kappa shape index (κ3) is 2.84. The fourth-order valence-electron chi connectivity index (χ4n) is 0.652. The van der Waals surface area contributed by atoms with E-state index >= 15 is 0 Å². The smallest absolute Gasteiger partial charge is 0.0906 e. The maximum absolute atomic E-state index is 4.05. The van der Waals surface area contributed by atoms with Crippen molar-refractivity contribution in [3.05, 3.63) is 11.9 Å². The Hall–Kier alpha value is -1.32. The molecule has 0 saturated carbocycles. The second-order valence-electron chi connectivity index (χ2n) is 2.44. The second-order valence-corrected chi connectivity index (χ2v) is 2.44. The van der Waals surface area contributed by atoms with Crippen LogP contribution in [0.25, 0.3) is 0 Å². The van der Waals surface area contributed by atoms with E-state index in [1.54, 1.807) is 18.8 Å². The van der Waals surface area contributed by atoms with E-state index in [0.29, 0.717) is 0 Å². The maximum Gasteiger partial charge on any atom is 0.0906 e. The van der Waals surface area contributed by atoms with Gasteiger partial charge in [0.05, 0.1) is 12.9 Å². The number of hydrazone groups is 1. The lowest BCUT2D eigenvalue weighted by Gasteiger charge is -2.06. The first-order valence-corrected chi connectivity index (χ1v) is 3.47. The monoisotopic (exact) mass is 152 g/mol. The number of rotatable bonds is 0. The van der Waals surface area contributed by atoms with Crippen LogP contribution in [0.4, 0.5) is 0 Å². The molecule has 0 fully saturated rings. The van der Waals surface area contributed by atoms with Crippen LogP contribution >= 0.6 is 0 Å². The van der Waals surface area contributed by atoms with Crippen molar-refractivity contribution in [1.82, 2.24) is 10.3 Å². The molecule has 11 heavy (non-hydrogen) atoms. The van der Waals surface area contributed by atoms with Gasteiger partial charge in [0.2, 0.25) is 0 Å². The Morgan fingerprint density at radius 3 is 3.27 bits per heavy atom. The molecule has 0 amide bonds. The molecule has 0 aromatic carbocycles. The first-order valence-electron chi connectivity index (χ1n) is 3.47. The Bertz CT molecular complexity index is 204. The van der Waals surface area contributed by atoms with Crippen LogP contribution in [0, 0.1) is 0 Å². The summed E-state index contributed by atoms with van der Waals surface area (Å²) in [5, 5.41) is 3.96. The van der Waals surface area contributed by atoms with Gasteiger partial charge in [-0.3, -0.25) is 5.43 Å². The highest BCUT2D eigenvalue weighted by atomic mass is 15.3. The predicted molar refractivity (Wildman–Crippen MR) is 46.5 cm³/mol. The summed E-state index contributed by atoms with van der Waals surface area (Å²) in [5.74, 6) is 0. The van der Waals surface area contributed by atoms with E-state index in [9.17, 15) is 0 Å². The van der Waals surface area contributed by atoms with Crippen LogP contribution in [-0.4, -0.2) is 31.0 Å². The van der Waals surface area contributed by atoms with E-state index < -0.39 is 0 Å². The number of hydrogen-bond donors (Lipinski definition) is 1. The Kier molecular flexibility index (Phi) is 2.66. The molecule has 0 atom stereocenters. The zero-order chi connectivity index (χ0) is 8.10. The Morgan fingerprint density at radius 1 is 1.64 bits per heavy atom. The molecule has 0 spiro atoms. The lowest BCUT2D eigenvalue weighted by molar-refractivity contribution is 0.602. The molecule has 0 aliphatic carbocycles. The van der Waals surface area contributed by atoms with Crippen LogP contribution in [0.2, 0.25) is 0 Å². The molecule has 0 bridgehead atoms. The van der Waals surface area contributed by atoms with Crippen LogP contribution in [0.1, 0.15) is 6.92 Å². The Morgan fingerprint density at radius 2 is 2.45 bits per heavy atom. The standard InChI is InChI=1S/C7H12N4/c1-7-5-8-6-11(2)4-3-9-10-7/h3,5-6,10H,4H2,1-2H3/b7-5+,8-6-,9-3-. The summed E-state index contributed by atoms with van der Waals surface area (Å²) in [7, 11) is 1.95. The van der Waals surface area contributed by atoms with E-state index in [0.717, 1.165) is 12.2 Å². The normalized spacial score (nSPS) is 28.5. The molecule has 1 N–H and O–H groups in total. The predicted octanol–water partition coefficient (Wildman–Crippen LogP) is 0.397. The van der Waals surface area contributed by atoms with Crippen molar-refractivity contribution in [3.63, 3.8) is 0 Å². The molecule has 1 rings (SSSR count). The third-order valence-corrected chi connectivity index (χ3v) is 1.23. The fourth-order valence-corrected chi connectivity index (χ4v) is 0.652. The van der Waals surface area contributed by atoms with Crippen LogP contribution in [-0.2, 0) is 0 Å². The molecule has 0 aromatic rings. The Balaban J connectivity index is 2.65. The molecular weight excluding hydrogens is 140 g/mol. The average molecular weight is 152 g/mol. The van der Waals surface area contributed by atoms with Crippen molar-refractivity contribution >= 4 is 12.6 Å². The molecule has 1 aliphatic heterocycles. The lowest BCUT2D eigenvalue weighted by Crippen LogP contribution is -2.18. The fraction of sp³-hybridized carbons (Fsp3) is 0.429. The minimum Gasteiger partial charge on any atom is -0.360 e. The van der Waals surface area contributed by atoms with Crippen molar-refractivity contribution in [2.75, 3.05) is 13.6 Å². The van der Waals surface area contributed by atoms with E-state index in [-0.39, 0.29) is 0 Å². The summed E-state index contributed by atoms with van der Waals surface area (Å²) in [6.07, 6.45) is 5.30. The van der Waals surface area contributed by atoms with E-state index in [1.807, 2.05) is 18.9 Å². The molecule has 0 unspecified atom stereocenters. The van der Waals surface area contributed by atoms with Gasteiger partial charge < -0.3 is 4.90 Å². The Labute approximate surface area is 66.3 Å². The van der Waals surface area contributed by atoms with Gasteiger partial charge in [0.1, 0.15) is 0 Å². The number of nitrogens with zero attached hydrogens (tertiary/aromatic N) is 3. The molecule has 1 heterocycles. The summed E-state index contributed by atoms with van der Waals surface area (Å²) < 4.78 is 0. The molecule has 60 valence electrons. The van der Waals surface area contributed by atoms with Crippen molar-refractivity contribution < 1.29 is 0 Å². The molecule has 0 saturated heterocycles. The highest BCUT2D eigenvalue weighted by molar-refractivity contribution is 5.66. The summed E-state index contributed by atoms with van der Waals surface area (Å²) in [4.78, 5) is 5.99. The van der Waals surface area contributed by atoms with Gasteiger partial charge in [-0.2, -0.15) is 5.10 Å². The maximum atomic E-state index is 4.05. The van der Waals surface area contributed by atoms with Gasteiger partial charge in [0, 0.05) is 25.2 Å². The number of allylic oxidation sites excluding steroid dienone is 1. The molecule has 0 radical (unpaired) electrons. The molecule has 4 heteroatoms. The SMILES string of the molecule is C/C1=C\N=C/N(C)C/C=N\N1. The van der Waals surface area contributed by atoms with Gasteiger partial charge in [0.25, 0.3) is 0 Å². The van der Waals surface area contributed by atoms with Crippen LogP contribution in [0.5, 0.6) is 0 Å². The van der Waals surface area contributed by atoms with Gasteiger partial charge in [-0.05, 0) is 6.92 Å². The lowest BCUT2D eigenvalue weighted by atomic mass is 10.6. The van der Waals surface area contributed by atoms with Gasteiger partial charge in [-0.25, -0.2) is 4.99 Å². The van der Waals surface area contributed by atoms with Crippen molar-refractivity contribution in [1.29, 1.82) is 0 Å². The summed E-state index contributed by atoms with van der Waals surface area (Å²) in [6, 6.07) is 0. The van der Waals surface area contributed by atoms with Crippen LogP contribution in [0.3, 0.4) is 0 Å². The topological polar surface area (TPSA) is 40.0 Å². The van der Waals surface area contributed by atoms with Crippen molar-refractivity contribution in [3.8, 4) is 0 Å². The second kappa shape index (κ2) is 3.75. The average Bonchev–Trinajstić information content (AvgIpc) is 2.04. The zero-order valence-electron chi connectivity index (χ0n) is 6.78. The third-order valence-electron chi connectivity index (χ3n) is 1.23. The van der Waals surface area contributed by atoms with Crippen LogP contribution in [0.15, 0.2) is 22.0 Å². The minimum atomic E-state index is 0.775. The van der Waals surface area contributed by atoms with Gasteiger partial charge in [-0.1, -0.05) is 0 Å². The van der Waals surface area contributed by atoms with Crippen molar-refractivity contribution in [2.45, 2.75) is 6.92 Å². The molecular formula is C7H12N4. The highest BCUT2D eigenvalue weighted by Crippen LogP contribution is 1.88. The summed E-state index contributed by atoms with van der Waals surface area (Å²) >= 11 is 0. The summed E-state index contributed by atoms with van der Waals surface area (Å²) in [5.41, 5.74) is 3.77. The first-order chi connectivity index (χ1) is 5.29. The highest BCUT2D eigenvalue weighted by Gasteiger charge is 1.89. The minimum absolute atomic E-state index is 0.775. The van der Waals surface area contributed by atoms with Gasteiger partial charge >= 0.3 is 0 Å². The first kappa shape index (κ1) is 7.78. The molecule has 4 nitrogen and oxygen atoms in total. The van der Waals surface area contributed by atoms with Crippen molar-refractivity contribution in [2.24, 2.45) is 10.1 Å². The van der Waals surface area contributed by atoms with E-state index in [4.69, 9.17) is 0 Å². The van der Waals surface area contributed by atoms with Gasteiger partial charge in [-0.15, -0.1) is 0 Å².